The molecule has 0 heterocycles. The fourth-order valence-electron chi connectivity index (χ4n) is 1.82. The number of anilines is 1. The van der Waals surface area contributed by atoms with Gasteiger partial charge in [0.1, 0.15) is 0 Å². The van der Waals surface area contributed by atoms with E-state index in [-0.39, 0.29) is 5.91 Å². The van der Waals surface area contributed by atoms with E-state index >= 15 is 0 Å². The number of benzene rings is 1. The lowest BCUT2D eigenvalue weighted by Gasteiger charge is -2.24. The predicted octanol–water partition coefficient (Wildman–Crippen LogP) is 2.34. The van der Waals surface area contributed by atoms with E-state index in [9.17, 15) is 4.79 Å². The summed E-state index contributed by atoms with van der Waals surface area (Å²) in [5.41, 5.74) is 6.80. The first-order valence-electron chi connectivity index (χ1n) is 6.44. The Morgan fingerprint density at radius 3 is 2.42 bits per heavy atom. The molecule has 1 aromatic carbocycles. The highest BCUT2D eigenvalue weighted by molar-refractivity contribution is 6.31. The van der Waals surface area contributed by atoms with Crippen LogP contribution in [0.4, 0.5) is 5.69 Å². The molecular weight excluding hydrogens is 262 g/mol. The number of nitrogens with zero attached hydrogens (tertiary/aromatic N) is 2. The minimum Gasteiger partial charge on any atom is -0.399 e. The highest BCUT2D eigenvalue weighted by atomic mass is 35.5. The first-order chi connectivity index (χ1) is 8.93. The standard InChI is InChI=1S/C14H22ClN3O/c1-4-5-18(7-6-17(2)3)14(19)11-8-12(15)10-13(16)9-11/h8-10H,4-7,16H2,1-3H3. The number of hydrogen-bond donors (Lipinski definition) is 1. The number of carbonyl (C=O) groups is 1. The molecule has 0 spiro atoms. The van der Waals surface area contributed by atoms with Crippen molar-refractivity contribution in [2.75, 3.05) is 39.5 Å². The fourth-order valence-corrected chi connectivity index (χ4v) is 2.07. The third-order valence-electron chi connectivity index (χ3n) is 2.76. The van der Waals surface area contributed by atoms with E-state index in [1.165, 1.54) is 0 Å². The summed E-state index contributed by atoms with van der Waals surface area (Å²) in [6.45, 7) is 4.33. The van der Waals surface area contributed by atoms with E-state index in [2.05, 4.69) is 11.8 Å². The molecule has 0 fully saturated rings. The fraction of sp³-hybridized carbons (Fsp3) is 0.500. The van der Waals surface area contributed by atoms with Crippen LogP contribution in [0.3, 0.4) is 0 Å². The van der Waals surface area contributed by atoms with Gasteiger partial charge in [-0.1, -0.05) is 18.5 Å². The monoisotopic (exact) mass is 283 g/mol. The number of nitrogens with two attached hydrogens (primary N) is 1. The summed E-state index contributed by atoms with van der Waals surface area (Å²) in [6, 6.07) is 4.98. The lowest BCUT2D eigenvalue weighted by atomic mass is 10.1. The average molecular weight is 284 g/mol. The van der Waals surface area contributed by atoms with Gasteiger partial charge in [0.2, 0.25) is 0 Å². The summed E-state index contributed by atoms with van der Waals surface area (Å²) in [7, 11) is 3.98. The molecule has 1 aromatic rings. The van der Waals surface area contributed by atoms with Crippen LogP contribution >= 0.6 is 11.6 Å². The van der Waals surface area contributed by atoms with Crippen LogP contribution in [0.25, 0.3) is 0 Å². The van der Waals surface area contributed by atoms with Crippen molar-refractivity contribution in [1.29, 1.82) is 0 Å². The summed E-state index contributed by atoms with van der Waals surface area (Å²) < 4.78 is 0. The van der Waals surface area contributed by atoms with E-state index in [1.807, 2.05) is 19.0 Å². The van der Waals surface area contributed by atoms with Gasteiger partial charge in [0.05, 0.1) is 0 Å². The van der Waals surface area contributed by atoms with Gasteiger partial charge in [-0.05, 0) is 38.7 Å². The van der Waals surface area contributed by atoms with Crippen molar-refractivity contribution < 1.29 is 4.79 Å². The maximum atomic E-state index is 12.4. The molecule has 1 rings (SSSR count). The molecule has 106 valence electrons. The van der Waals surface area contributed by atoms with Crippen molar-refractivity contribution in [3.63, 3.8) is 0 Å². The molecule has 19 heavy (non-hydrogen) atoms. The largest absolute Gasteiger partial charge is 0.399 e. The Morgan fingerprint density at radius 1 is 1.21 bits per heavy atom. The Labute approximate surface area is 120 Å². The maximum Gasteiger partial charge on any atom is 0.254 e. The van der Waals surface area contributed by atoms with Crippen molar-refractivity contribution in [3.05, 3.63) is 28.8 Å². The minimum absolute atomic E-state index is 0.0158. The molecule has 0 atom stereocenters. The Balaban J connectivity index is 2.85. The highest BCUT2D eigenvalue weighted by Gasteiger charge is 2.16. The SMILES string of the molecule is CCCN(CCN(C)C)C(=O)c1cc(N)cc(Cl)c1. The van der Waals surface area contributed by atoms with Crippen LogP contribution in [-0.2, 0) is 0 Å². The summed E-state index contributed by atoms with van der Waals surface area (Å²) in [5, 5.41) is 0.493. The van der Waals surface area contributed by atoms with Crippen LogP contribution in [0.1, 0.15) is 23.7 Å². The van der Waals surface area contributed by atoms with Gasteiger partial charge in [-0.3, -0.25) is 4.79 Å². The molecular formula is C14H22ClN3O. The van der Waals surface area contributed by atoms with Gasteiger partial charge in [-0.15, -0.1) is 0 Å². The first-order valence-corrected chi connectivity index (χ1v) is 6.82. The molecule has 0 aliphatic rings. The third kappa shape index (κ3) is 5.09. The molecule has 2 N–H and O–H groups in total. The Kier molecular flexibility index (Phi) is 6.12. The van der Waals surface area contributed by atoms with Gasteiger partial charge in [0.15, 0.2) is 0 Å². The number of carbonyl (C=O) groups excluding carboxylic acids is 1. The minimum atomic E-state index is -0.0158. The maximum absolute atomic E-state index is 12.4. The smallest absolute Gasteiger partial charge is 0.254 e. The molecule has 0 aliphatic carbocycles. The number of hydrogen-bond acceptors (Lipinski definition) is 3. The Bertz CT molecular complexity index is 414. The average Bonchev–Trinajstić information content (AvgIpc) is 2.32. The van der Waals surface area contributed by atoms with Gasteiger partial charge < -0.3 is 15.5 Å². The van der Waals surface area contributed by atoms with Crippen LogP contribution in [-0.4, -0.2) is 49.4 Å². The lowest BCUT2D eigenvalue weighted by molar-refractivity contribution is 0.0745. The second kappa shape index (κ2) is 7.36. The predicted molar refractivity (Wildman–Crippen MR) is 80.6 cm³/mol. The molecule has 0 unspecified atom stereocenters. The normalized spacial score (nSPS) is 10.8. The zero-order valence-electron chi connectivity index (χ0n) is 11.8. The topological polar surface area (TPSA) is 49.6 Å². The molecule has 0 saturated carbocycles. The van der Waals surface area contributed by atoms with Crippen molar-refractivity contribution in [2.24, 2.45) is 0 Å². The molecule has 1 amide bonds. The highest BCUT2D eigenvalue weighted by Crippen LogP contribution is 2.18. The van der Waals surface area contributed by atoms with E-state index in [0.29, 0.717) is 22.8 Å². The van der Waals surface area contributed by atoms with Crippen molar-refractivity contribution in [3.8, 4) is 0 Å². The van der Waals surface area contributed by atoms with Crippen LogP contribution in [0.15, 0.2) is 18.2 Å². The van der Waals surface area contributed by atoms with Crippen molar-refractivity contribution in [1.82, 2.24) is 9.80 Å². The molecule has 0 aromatic heterocycles. The quantitative estimate of drug-likeness (QED) is 0.815. The second-order valence-corrected chi connectivity index (χ2v) is 5.31. The van der Waals surface area contributed by atoms with E-state index in [0.717, 1.165) is 19.5 Å². The molecule has 0 aliphatic heterocycles. The second-order valence-electron chi connectivity index (χ2n) is 4.87. The lowest BCUT2D eigenvalue weighted by Crippen LogP contribution is -2.37. The van der Waals surface area contributed by atoms with Gasteiger partial charge in [0, 0.05) is 35.9 Å². The van der Waals surface area contributed by atoms with Gasteiger partial charge >= 0.3 is 0 Å². The van der Waals surface area contributed by atoms with Gasteiger partial charge in [0.25, 0.3) is 5.91 Å². The van der Waals surface area contributed by atoms with Crippen LogP contribution in [0.5, 0.6) is 0 Å². The number of nitrogen functional groups attached to an aromatic ring is 1. The number of halogens is 1. The van der Waals surface area contributed by atoms with Gasteiger partial charge in [-0.25, -0.2) is 0 Å². The van der Waals surface area contributed by atoms with Crippen LogP contribution in [0, 0.1) is 0 Å². The number of likely N-dealkylation sites (N-methyl/N-ethyl adjacent to an activating group) is 1. The number of rotatable bonds is 6. The van der Waals surface area contributed by atoms with Crippen LogP contribution < -0.4 is 5.73 Å². The van der Waals surface area contributed by atoms with E-state index in [1.54, 1.807) is 18.2 Å². The van der Waals surface area contributed by atoms with Crippen LogP contribution in [0.2, 0.25) is 5.02 Å². The summed E-state index contributed by atoms with van der Waals surface area (Å²) in [4.78, 5) is 16.3. The Hall–Kier alpha value is -1.26. The van der Waals surface area contributed by atoms with Gasteiger partial charge in [-0.2, -0.15) is 0 Å². The van der Waals surface area contributed by atoms with Crippen molar-refractivity contribution >= 4 is 23.2 Å². The summed E-state index contributed by atoms with van der Waals surface area (Å²) in [6.07, 6.45) is 0.926. The zero-order valence-corrected chi connectivity index (χ0v) is 12.6. The summed E-state index contributed by atoms with van der Waals surface area (Å²) in [5.74, 6) is -0.0158. The Morgan fingerprint density at radius 2 is 1.89 bits per heavy atom. The molecule has 0 bridgehead atoms. The van der Waals surface area contributed by atoms with E-state index in [4.69, 9.17) is 17.3 Å². The molecule has 4 nitrogen and oxygen atoms in total. The third-order valence-corrected chi connectivity index (χ3v) is 2.98. The van der Waals surface area contributed by atoms with Crippen molar-refractivity contribution in [2.45, 2.75) is 13.3 Å². The molecule has 5 heteroatoms. The molecule has 0 radical (unpaired) electrons. The molecule has 0 saturated heterocycles. The number of amides is 1. The van der Waals surface area contributed by atoms with E-state index < -0.39 is 0 Å². The summed E-state index contributed by atoms with van der Waals surface area (Å²) >= 11 is 5.94. The first kappa shape index (κ1) is 15.8. The zero-order chi connectivity index (χ0) is 14.4.